The summed E-state index contributed by atoms with van der Waals surface area (Å²) in [5.41, 5.74) is 1.12. The fraction of sp³-hybridized carbons (Fsp3) is 0.469. The summed E-state index contributed by atoms with van der Waals surface area (Å²) < 4.78 is 41.7. The number of rotatable bonds is 6. The molecule has 2 aromatic carbocycles. The summed E-state index contributed by atoms with van der Waals surface area (Å²) in [7, 11) is -2.30. The first kappa shape index (κ1) is 37.1. The van der Waals surface area contributed by atoms with E-state index in [0.29, 0.717) is 0 Å². The molecule has 0 unspecified atom stereocenters. The van der Waals surface area contributed by atoms with Crippen molar-refractivity contribution in [3.05, 3.63) is 97.0 Å². The average Bonchev–Trinajstić information content (AvgIpc) is 2.96. The molecule has 5 atom stereocenters. The maximum Gasteiger partial charge on any atom is 1.00 e. The van der Waals surface area contributed by atoms with Crippen LogP contribution < -0.4 is 23.6 Å². The summed E-state index contributed by atoms with van der Waals surface area (Å²) in [4.78, 5) is 0. The van der Waals surface area contributed by atoms with Gasteiger partial charge in [0.2, 0.25) is 0 Å². The van der Waals surface area contributed by atoms with Gasteiger partial charge >= 0.3 is 18.9 Å². The molecule has 2 heterocycles. The van der Waals surface area contributed by atoms with Crippen LogP contribution in [-0.4, -0.2) is 36.3 Å². The van der Waals surface area contributed by atoms with Crippen molar-refractivity contribution in [1.82, 2.24) is 4.72 Å². The Kier molecular flexibility index (Phi) is 17.4. The second-order valence-corrected chi connectivity index (χ2v) is 15.3. The molecule has 2 aliphatic heterocycles. The van der Waals surface area contributed by atoms with E-state index >= 15 is 0 Å². The van der Waals surface area contributed by atoms with Gasteiger partial charge in [-0.15, -0.1) is 0 Å². The van der Waals surface area contributed by atoms with Crippen LogP contribution in [0.1, 0.15) is 78.8 Å². The Morgan fingerprint density at radius 2 is 1.46 bits per heavy atom. The molecule has 0 radical (unpaired) electrons. The molecule has 41 heavy (non-hydrogen) atoms. The zero-order valence-corrected chi connectivity index (χ0v) is 27.3. The van der Waals surface area contributed by atoms with Crippen LogP contribution >= 0.6 is 0 Å². The molecule has 0 amide bonds. The van der Waals surface area contributed by atoms with Crippen LogP contribution in [0.5, 0.6) is 0 Å². The van der Waals surface area contributed by atoms with E-state index in [1.54, 1.807) is 18.7 Å². The van der Waals surface area contributed by atoms with E-state index in [2.05, 4.69) is 27.3 Å². The smallest absolute Gasteiger partial charge is 0.496 e. The summed E-state index contributed by atoms with van der Waals surface area (Å²) in [5.74, 6) is 0. The Morgan fingerprint density at radius 3 is 1.90 bits per heavy atom. The largest absolute Gasteiger partial charge is 1.00 e. The fourth-order valence-electron chi connectivity index (χ4n) is 3.40. The molecule has 220 valence electrons. The number of allylic oxidation sites excluding steroid dienone is 2. The number of hydrogen-bond acceptors (Lipinski definition) is 4. The molecule has 0 saturated carbocycles. The Hall–Kier alpha value is -1.95. The second kappa shape index (κ2) is 19.3. The number of ether oxygens (including phenoxy) is 2. The molecule has 4 rings (SSSR count). The molecule has 0 fully saturated rings. The molecule has 6 nitrogen and oxygen atoms in total. The fourth-order valence-corrected chi connectivity index (χ4v) is 4.83. The van der Waals surface area contributed by atoms with Crippen molar-refractivity contribution in [2.24, 2.45) is 4.40 Å². The topological polar surface area (TPSA) is 77.0 Å². The first-order chi connectivity index (χ1) is 19.0. The van der Waals surface area contributed by atoms with Gasteiger partial charge in [0.15, 0.2) is 0 Å². The van der Waals surface area contributed by atoms with E-state index in [1.165, 1.54) is 0 Å². The average molecular weight is 593 g/mol. The van der Waals surface area contributed by atoms with Gasteiger partial charge in [0, 0.05) is 0 Å². The van der Waals surface area contributed by atoms with Crippen LogP contribution in [0.2, 0.25) is 0 Å². The van der Waals surface area contributed by atoms with Gasteiger partial charge in [0.05, 0.1) is 45.3 Å². The summed E-state index contributed by atoms with van der Waals surface area (Å²) in [6.07, 6.45) is 13.0. The van der Waals surface area contributed by atoms with Gasteiger partial charge in [-0.2, -0.15) is 40.8 Å². The van der Waals surface area contributed by atoms with Gasteiger partial charge in [-0.25, -0.2) is 13.1 Å². The maximum atomic E-state index is 12.4. The third-order valence-corrected chi connectivity index (χ3v) is 8.65. The third-order valence-electron chi connectivity index (χ3n) is 5.71. The zero-order valence-electron chi connectivity index (χ0n) is 25.6. The van der Waals surface area contributed by atoms with E-state index in [4.69, 9.17) is 9.47 Å². The van der Waals surface area contributed by atoms with Crippen molar-refractivity contribution in [1.29, 1.82) is 0 Å². The predicted octanol–water partition coefficient (Wildman–Crippen LogP) is 4.18. The van der Waals surface area contributed by atoms with Crippen molar-refractivity contribution in [3.8, 4) is 0 Å². The third kappa shape index (κ3) is 15.2. The molecule has 1 N–H and O–H groups in total. The first-order valence-electron chi connectivity index (χ1n) is 13.7. The predicted molar refractivity (Wildman–Crippen MR) is 168 cm³/mol. The standard InChI is InChI=1S/C16H23NO2S.C10H17NO2S.C6H5.Li/c1-16(2,3)20(18)17-15(13-9-5-4-6-10-13)14-11-7-8-12-19-14;1-10(2,3)14(12)11-8-9-6-4-5-7-13-9;1-2-4-6-5-3-1;/h4-6,8-10,12,14-15,17H,7,11H2,1-3H3;5,7-9H,4,6H2,1-3H3;1-5H;/q;;-1;+1/t14-,15+,20+;9-,14+;;/m00../s1. The number of benzene rings is 2. The van der Waals surface area contributed by atoms with Crippen molar-refractivity contribution >= 4 is 28.2 Å². The molecule has 0 aliphatic carbocycles. The minimum absolute atomic E-state index is 0. The van der Waals surface area contributed by atoms with Gasteiger partial charge in [-0.3, -0.25) is 0 Å². The normalized spacial score (nSPS) is 20.4. The Bertz CT molecular complexity index is 1090. The van der Waals surface area contributed by atoms with E-state index in [1.807, 2.05) is 102 Å². The summed E-state index contributed by atoms with van der Waals surface area (Å²) in [6.45, 7) is 11.6. The molecule has 2 aromatic rings. The van der Waals surface area contributed by atoms with Gasteiger partial charge in [0.25, 0.3) is 0 Å². The van der Waals surface area contributed by atoms with Crippen LogP contribution in [0.4, 0.5) is 0 Å². The minimum Gasteiger partial charge on any atom is -0.496 e. The van der Waals surface area contributed by atoms with Gasteiger partial charge < -0.3 is 9.47 Å². The van der Waals surface area contributed by atoms with Crippen molar-refractivity contribution in [3.63, 3.8) is 0 Å². The quantitative estimate of drug-likeness (QED) is 0.310. The van der Waals surface area contributed by atoms with Crippen molar-refractivity contribution in [2.75, 3.05) is 0 Å². The summed E-state index contributed by atoms with van der Waals surface area (Å²) in [5, 5.41) is 0. The summed E-state index contributed by atoms with van der Waals surface area (Å²) >= 11 is 0. The van der Waals surface area contributed by atoms with Gasteiger partial charge in [-0.05, 0) is 84.9 Å². The second-order valence-electron chi connectivity index (χ2n) is 11.3. The van der Waals surface area contributed by atoms with Crippen LogP contribution in [0.15, 0.2) is 89.7 Å². The van der Waals surface area contributed by atoms with Crippen LogP contribution in [-0.2, 0) is 31.4 Å². The van der Waals surface area contributed by atoms with Crippen LogP contribution in [0.25, 0.3) is 0 Å². The van der Waals surface area contributed by atoms with Gasteiger partial charge in [-0.1, -0.05) is 30.3 Å². The molecule has 2 aliphatic rings. The maximum absolute atomic E-state index is 12.4. The SMILES string of the molecule is CC(C)(C)[S@@](=O)N=C[C@@H]1CCC=CO1.CC(C)(C)[S@@](=O)N[C@H](c1ccccc1)[C@@H]1CCC=CO1.[Li+].[c-]1ccccc1. The molecule has 0 spiro atoms. The zero-order chi connectivity index (χ0) is 29.4. The number of nitrogens with zero attached hydrogens (tertiary/aromatic N) is 1. The van der Waals surface area contributed by atoms with Gasteiger partial charge in [0.1, 0.15) is 23.2 Å². The minimum atomic E-state index is -1.17. The van der Waals surface area contributed by atoms with E-state index < -0.39 is 22.0 Å². The molecule has 9 heteroatoms. The van der Waals surface area contributed by atoms with Crippen LogP contribution in [0, 0.1) is 6.07 Å². The molecule has 0 aromatic heterocycles. The van der Waals surface area contributed by atoms with Crippen molar-refractivity contribution in [2.45, 2.75) is 95.0 Å². The van der Waals surface area contributed by atoms with E-state index in [9.17, 15) is 8.42 Å². The summed E-state index contributed by atoms with van der Waals surface area (Å²) in [6, 6.07) is 22.5. The molecule has 0 saturated heterocycles. The van der Waals surface area contributed by atoms with Crippen molar-refractivity contribution < 1.29 is 36.8 Å². The van der Waals surface area contributed by atoms with E-state index in [-0.39, 0.29) is 46.6 Å². The Labute approximate surface area is 264 Å². The molecular formula is C32H45LiN2O4S2. The first-order valence-corrected chi connectivity index (χ1v) is 16.0. The Balaban J connectivity index is 0.000000346. The van der Waals surface area contributed by atoms with E-state index in [0.717, 1.165) is 31.2 Å². The number of hydrogen-bond donors (Lipinski definition) is 1. The molecular weight excluding hydrogens is 547 g/mol. The van der Waals surface area contributed by atoms with Crippen LogP contribution in [0.3, 0.4) is 0 Å². The monoisotopic (exact) mass is 592 g/mol. The molecule has 0 bridgehead atoms. The Morgan fingerprint density at radius 1 is 0.878 bits per heavy atom. The number of nitrogens with one attached hydrogen (secondary N) is 1.